The van der Waals surface area contributed by atoms with E-state index in [-0.39, 0.29) is 13.1 Å². The van der Waals surface area contributed by atoms with Crippen LogP contribution in [0, 0.1) is 94.7 Å². The highest BCUT2D eigenvalue weighted by atomic mass is 31.1. The third-order valence-electron chi connectivity index (χ3n) is 13.7. The van der Waals surface area contributed by atoms with E-state index in [9.17, 15) is 16.8 Å². The predicted molar refractivity (Wildman–Crippen MR) is 400 cm³/mol. The standard InChI is InChI=1S/4C11H24.12C2H6.4FH2P.H3N.H2O/c4*1-7-9(4)11(6)10(5)8(2)3;16*1-2;;/h4*8-11H,7H2,1-6H3;12*1-2H3;4*2H2;1H3;1H2/p+1. The van der Waals surface area contributed by atoms with Gasteiger partial charge in [-0.1, -0.05) is 358 Å². The van der Waals surface area contributed by atoms with Crippen LogP contribution in [0.5, 0.6) is 0 Å². The van der Waals surface area contributed by atoms with Crippen molar-refractivity contribution < 1.29 is 23.7 Å². The van der Waals surface area contributed by atoms with Crippen molar-refractivity contribution in [2.45, 2.75) is 358 Å². The summed E-state index contributed by atoms with van der Waals surface area (Å²) in [5.74, 6) is 13.8. The molecule has 0 bridgehead atoms. The van der Waals surface area contributed by atoms with Gasteiger partial charge >= 0.3 is 1.43 Å². The lowest BCUT2D eigenvalue weighted by molar-refractivity contribution is 0.219. The van der Waals surface area contributed by atoms with Crippen LogP contribution < -0.4 is 6.15 Å². The van der Waals surface area contributed by atoms with Crippen molar-refractivity contribution in [3.8, 4) is 0 Å². The molecule has 10 heteroatoms. The zero-order valence-corrected chi connectivity index (χ0v) is 69.7. The molecule has 16 unspecified atom stereocenters. The Balaban J connectivity index is -0.0000000212. The van der Waals surface area contributed by atoms with E-state index in [4.69, 9.17) is 0 Å². The quantitative estimate of drug-likeness (QED) is 0.121. The molecular weight excluding hydrogens is 1050 g/mol. The second-order valence-corrected chi connectivity index (χ2v) is 17.4. The Labute approximate surface area is 518 Å². The fourth-order valence-corrected chi connectivity index (χ4v) is 5.99. The molecule has 0 amide bonds. The van der Waals surface area contributed by atoms with Gasteiger partial charge in [0.15, 0.2) is 0 Å². The normalized spacial score (nSPS) is 12.5. The minimum atomic E-state index is 0. The Morgan fingerprint density at radius 3 is 0.308 bits per heavy atom. The van der Waals surface area contributed by atoms with E-state index in [1.807, 2.05) is 166 Å². The van der Waals surface area contributed by atoms with Crippen molar-refractivity contribution in [3.05, 3.63) is 0 Å². The minimum absolute atomic E-state index is 0. The number of hydrogen-bond donors (Lipinski definition) is 1. The summed E-state index contributed by atoms with van der Waals surface area (Å²) in [5, 5.41) is 0. The molecule has 0 spiro atoms. The summed E-state index contributed by atoms with van der Waals surface area (Å²) < 4.78 is 37.7. The third-order valence-corrected chi connectivity index (χ3v) is 13.7. The highest BCUT2D eigenvalue weighted by Crippen LogP contribution is 2.30. The Morgan fingerprint density at radius 1 is 0.205 bits per heavy atom. The van der Waals surface area contributed by atoms with E-state index < -0.39 is 0 Å². The summed E-state index contributed by atoms with van der Waals surface area (Å²) >= 11 is 0. The van der Waals surface area contributed by atoms with E-state index >= 15 is 0 Å². The van der Waals surface area contributed by atoms with E-state index in [1.54, 1.807) is 0 Å². The van der Waals surface area contributed by atoms with E-state index in [0.717, 1.165) is 133 Å². The van der Waals surface area contributed by atoms with Gasteiger partial charge in [0, 0.05) is 0 Å². The molecule has 0 aliphatic carbocycles. The SMILES string of the molecule is CC.CC.CC.CC.CC.CC.CC.CC.CC.CC.CC.CC.CCC(C)C(C)C(C)C(C)C.CCC(C)C(C)C(C)C(C)C.CCC(C)C(C)C(C)C(C)C.CCC(C)C(C)C(C)C(C)C.FP.FP.FP.FP.N.O.[H+]. The molecule has 0 heterocycles. The molecule has 0 saturated heterocycles. The zero-order valence-electron chi connectivity index (χ0n) is 66.1. The molecule has 78 heavy (non-hydrogen) atoms. The van der Waals surface area contributed by atoms with Gasteiger partial charge in [-0.25, -0.2) is 16.8 Å². The summed E-state index contributed by atoms with van der Waals surface area (Å²) in [6, 6.07) is 0. The molecule has 0 rings (SSSR count). The van der Waals surface area contributed by atoms with Gasteiger partial charge in [-0.15, -0.1) is 0 Å². The second kappa shape index (κ2) is 165. The Bertz CT molecular complexity index is 549. The predicted octanol–water partition coefficient (Wildman–Crippen LogP) is 30.6. The molecule has 0 saturated carbocycles. The van der Waals surface area contributed by atoms with Crippen molar-refractivity contribution in [2.75, 3.05) is 0 Å². The Morgan fingerprint density at radius 2 is 0.269 bits per heavy atom. The number of hydrogen-bond acceptors (Lipinski definition) is 1. The van der Waals surface area contributed by atoms with Crippen molar-refractivity contribution in [1.82, 2.24) is 6.15 Å². The monoisotopic (exact) mass is 1230 g/mol. The van der Waals surface area contributed by atoms with E-state index in [0.29, 0.717) is 0 Å². The first-order valence-corrected chi connectivity index (χ1v) is 34.6. The van der Waals surface area contributed by atoms with Crippen molar-refractivity contribution >= 4 is 38.2 Å². The maximum atomic E-state index is 9.42. The molecule has 0 aromatic carbocycles. The first kappa shape index (κ1) is 148. The maximum absolute atomic E-state index is 9.42. The highest BCUT2D eigenvalue weighted by Gasteiger charge is 2.22. The smallest absolute Gasteiger partial charge is 0.412 e. The Kier molecular flexibility index (Phi) is 313. The van der Waals surface area contributed by atoms with Gasteiger partial charge in [0.2, 0.25) is 0 Å². The van der Waals surface area contributed by atoms with Crippen LogP contribution in [0.15, 0.2) is 0 Å². The van der Waals surface area contributed by atoms with Crippen LogP contribution in [0.25, 0.3) is 0 Å². The van der Waals surface area contributed by atoms with E-state index in [2.05, 4.69) is 166 Å². The molecular formula is C68H182F4NOP4+. The van der Waals surface area contributed by atoms with Crippen LogP contribution >= 0.6 is 38.2 Å². The van der Waals surface area contributed by atoms with Gasteiger partial charge in [0.25, 0.3) is 0 Å². The lowest BCUT2D eigenvalue weighted by Gasteiger charge is -2.28. The topological polar surface area (TPSA) is 66.5 Å². The van der Waals surface area contributed by atoms with Crippen LogP contribution in [0.1, 0.15) is 359 Å². The lowest BCUT2D eigenvalue weighted by Crippen LogP contribution is -2.20. The van der Waals surface area contributed by atoms with E-state index in [1.165, 1.54) is 25.7 Å². The van der Waals surface area contributed by atoms with Crippen molar-refractivity contribution in [1.29, 1.82) is 0 Å². The molecule has 0 radical (unpaired) electrons. The summed E-state index contributed by atoms with van der Waals surface area (Å²) in [6.07, 6.45) is 5.27. The molecule has 16 atom stereocenters. The highest BCUT2D eigenvalue weighted by molar-refractivity contribution is 7.09. The molecule has 5 N–H and O–H groups in total. The molecule has 0 aromatic heterocycles. The Hall–Kier alpha value is 1.36. The maximum Gasteiger partial charge on any atom is 1.00 e. The minimum Gasteiger partial charge on any atom is -0.412 e. The van der Waals surface area contributed by atoms with Gasteiger partial charge in [0.1, 0.15) is 0 Å². The van der Waals surface area contributed by atoms with Gasteiger partial charge in [-0.3, -0.25) is 0 Å². The van der Waals surface area contributed by atoms with Crippen LogP contribution in [0.3, 0.4) is 0 Å². The van der Waals surface area contributed by atoms with Gasteiger partial charge < -0.3 is 11.6 Å². The molecule has 0 aromatic rings. The number of rotatable bonds is 16. The van der Waals surface area contributed by atoms with Gasteiger partial charge in [0.05, 0.1) is 38.2 Å². The molecule has 2 nitrogen and oxygen atoms in total. The fraction of sp³-hybridized carbons (Fsp3) is 1.00. The first-order chi connectivity index (χ1) is 36.0. The van der Waals surface area contributed by atoms with Crippen LogP contribution in [0.2, 0.25) is 0 Å². The summed E-state index contributed by atoms with van der Waals surface area (Å²) in [7, 11) is 3.67. The average molecular weight is 1230 g/mol. The van der Waals surface area contributed by atoms with Gasteiger partial charge in [-0.05, 0) is 94.7 Å². The molecule has 0 fully saturated rings. The average Bonchev–Trinajstić information content (AvgIpc) is 3.52. The van der Waals surface area contributed by atoms with Crippen LogP contribution in [0.4, 0.5) is 16.8 Å². The van der Waals surface area contributed by atoms with Gasteiger partial charge in [-0.2, -0.15) is 0 Å². The summed E-state index contributed by atoms with van der Waals surface area (Å²) in [6.45, 7) is 104. The zero-order chi connectivity index (χ0) is 68.1. The molecule has 512 valence electrons. The van der Waals surface area contributed by atoms with Crippen LogP contribution in [-0.4, -0.2) is 5.48 Å². The largest absolute Gasteiger partial charge is 1.00 e. The lowest BCUT2D eigenvalue weighted by atomic mass is 9.78. The van der Waals surface area contributed by atoms with Crippen molar-refractivity contribution in [3.63, 3.8) is 0 Å². The second-order valence-electron chi connectivity index (χ2n) is 17.4. The summed E-state index contributed by atoms with van der Waals surface area (Å²) in [5.41, 5.74) is 0. The number of halogens is 4. The first-order valence-electron chi connectivity index (χ1n) is 32.9. The molecule has 0 aliphatic heterocycles. The third kappa shape index (κ3) is 137. The van der Waals surface area contributed by atoms with Crippen molar-refractivity contribution in [2.24, 2.45) is 94.7 Å². The fourth-order valence-electron chi connectivity index (χ4n) is 5.99. The molecule has 0 aliphatic rings. The van der Waals surface area contributed by atoms with Crippen LogP contribution in [-0.2, 0) is 0 Å². The summed E-state index contributed by atoms with van der Waals surface area (Å²) in [4.78, 5) is 0.